The van der Waals surface area contributed by atoms with Crippen molar-refractivity contribution in [2.75, 3.05) is 55.0 Å². The van der Waals surface area contributed by atoms with Crippen LogP contribution in [0.25, 0.3) is 11.1 Å². The largest absolute Gasteiger partial charge is 0.417 e. The average Bonchev–Trinajstić information content (AvgIpc) is 2.96. The lowest BCUT2D eigenvalue weighted by atomic mass is 10.0. The van der Waals surface area contributed by atoms with Crippen molar-refractivity contribution in [1.29, 1.82) is 0 Å². The second-order valence-electron chi connectivity index (χ2n) is 11.1. The minimum absolute atomic E-state index is 0.0559. The predicted molar refractivity (Wildman–Crippen MR) is 154 cm³/mol. The highest BCUT2D eigenvalue weighted by molar-refractivity contribution is 6.07. The lowest BCUT2D eigenvalue weighted by Crippen LogP contribution is -2.55. The van der Waals surface area contributed by atoms with E-state index in [-0.39, 0.29) is 29.4 Å². The lowest BCUT2D eigenvalue weighted by Gasteiger charge is -2.44. The van der Waals surface area contributed by atoms with Gasteiger partial charge in [0.1, 0.15) is 5.82 Å². The van der Waals surface area contributed by atoms with Gasteiger partial charge in [0.25, 0.3) is 5.91 Å². The molecule has 2 aliphatic heterocycles. The molecule has 2 saturated heterocycles. The third kappa shape index (κ3) is 6.34. The average molecular weight is 604 g/mol. The number of nitrogens with one attached hydrogen (secondary N) is 2. The van der Waals surface area contributed by atoms with Crippen molar-refractivity contribution in [3.8, 4) is 11.1 Å². The lowest BCUT2D eigenvalue weighted by molar-refractivity contribution is -0.138. The number of aromatic amines is 1. The minimum Gasteiger partial charge on any atom is -0.377 e. The number of morpholine rings is 1. The van der Waals surface area contributed by atoms with Crippen LogP contribution in [-0.2, 0) is 10.9 Å². The number of alkyl halides is 3. The maximum atomic E-state index is 15.8. The van der Waals surface area contributed by atoms with Crippen molar-refractivity contribution in [3.05, 3.63) is 64.1 Å². The Morgan fingerprint density at radius 3 is 2.37 bits per heavy atom. The van der Waals surface area contributed by atoms with E-state index in [0.717, 1.165) is 6.20 Å². The number of aromatic nitrogens is 3. The van der Waals surface area contributed by atoms with Crippen molar-refractivity contribution in [3.63, 3.8) is 0 Å². The van der Waals surface area contributed by atoms with Gasteiger partial charge in [0.05, 0.1) is 41.8 Å². The first-order chi connectivity index (χ1) is 20.3. The van der Waals surface area contributed by atoms with Crippen LogP contribution >= 0.6 is 0 Å². The molecule has 5 rings (SSSR count). The second kappa shape index (κ2) is 11.9. The Bertz CT molecular complexity index is 1530. The van der Waals surface area contributed by atoms with Crippen LogP contribution in [0.15, 0.2) is 41.6 Å². The van der Waals surface area contributed by atoms with Gasteiger partial charge < -0.3 is 24.8 Å². The van der Waals surface area contributed by atoms with E-state index in [2.05, 4.69) is 25.2 Å². The summed E-state index contributed by atoms with van der Waals surface area (Å²) >= 11 is 0. The van der Waals surface area contributed by atoms with Crippen LogP contribution in [0.4, 0.5) is 34.9 Å². The Morgan fingerprint density at radius 2 is 1.74 bits per heavy atom. The number of carbonyl (C=O) groups excluding carboxylic acids is 1. The molecule has 0 radical (unpaired) electrons. The maximum Gasteiger partial charge on any atom is 0.417 e. The van der Waals surface area contributed by atoms with Gasteiger partial charge in [-0.25, -0.2) is 14.4 Å². The maximum absolute atomic E-state index is 15.8. The summed E-state index contributed by atoms with van der Waals surface area (Å²) in [6.45, 7) is 8.64. The number of carbonyl (C=O) groups is 1. The van der Waals surface area contributed by atoms with E-state index >= 15 is 4.39 Å². The standard InChI is InChI=1S/C29H33F4N7O3/c1-16-13-39(14-17(2)38(16)4)25-9-23(30)20(19-10-35-28(36-11-19)40-5-6-43-15-18(40)3)7-24(25)37-27(42)21-12-34-26(41)8-22(21)29(31,32)33/h7-12,16-18H,5-6,13-15H2,1-4H3,(H,34,41)(H,37,42)/t16-,17+,18-/m0/s1. The number of ether oxygens (including phenoxy) is 1. The molecule has 0 spiro atoms. The van der Waals surface area contributed by atoms with E-state index in [4.69, 9.17) is 4.74 Å². The molecule has 230 valence electrons. The molecule has 2 fully saturated rings. The topological polar surface area (TPSA) is 107 Å². The number of anilines is 3. The van der Waals surface area contributed by atoms with Gasteiger partial charge in [-0.2, -0.15) is 13.2 Å². The number of amides is 1. The normalized spacial score (nSPS) is 21.6. The summed E-state index contributed by atoms with van der Waals surface area (Å²) in [5.41, 5.74) is -2.33. The third-order valence-corrected chi connectivity index (χ3v) is 8.08. The molecule has 0 unspecified atom stereocenters. The van der Waals surface area contributed by atoms with Crippen LogP contribution in [0.3, 0.4) is 0 Å². The van der Waals surface area contributed by atoms with E-state index in [9.17, 15) is 22.8 Å². The summed E-state index contributed by atoms with van der Waals surface area (Å²) in [5, 5.41) is 2.56. The zero-order chi connectivity index (χ0) is 31.1. The highest BCUT2D eigenvalue weighted by Gasteiger charge is 2.36. The quantitative estimate of drug-likeness (QED) is 0.422. The molecule has 3 atom stereocenters. The number of piperazine rings is 1. The van der Waals surface area contributed by atoms with Crippen LogP contribution in [0.1, 0.15) is 36.7 Å². The highest BCUT2D eigenvalue weighted by atomic mass is 19.4. The van der Waals surface area contributed by atoms with Gasteiger partial charge >= 0.3 is 6.18 Å². The molecule has 1 aromatic carbocycles. The van der Waals surface area contributed by atoms with Crippen LogP contribution in [0, 0.1) is 5.82 Å². The van der Waals surface area contributed by atoms with E-state index in [1.165, 1.54) is 24.5 Å². The molecule has 2 N–H and O–H groups in total. The molecule has 3 aromatic rings. The summed E-state index contributed by atoms with van der Waals surface area (Å²) in [6.07, 6.45) is -1.28. The van der Waals surface area contributed by atoms with Crippen LogP contribution in [0.2, 0.25) is 0 Å². The number of H-pyrrole nitrogens is 1. The number of nitrogens with zero attached hydrogens (tertiary/aromatic N) is 5. The Balaban J connectivity index is 1.55. The first-order valence-electron chi connectivity index (χ1n) is 13.9. The van der Waals surface area contributed by atoms with E-state index in [0.29, 0.717) is 56.1 Å². The number of pyridine rings is 1. The number of hydrogen-bond acceptors (Lipinski definition) is 8. The van der Waals surface area contributed by atoms with Crippen molar-refractivity contribution >= 4 is 23.2 Å². The van der Waals surface area contributed by atoms with Crippen molar-refractivity contribution < 1.29 is 27.1 Å². The van der Waals surface area contributed by atoms with Gasteiger partial charge in [-0.3, -0.25) is 14.5 Å². The molecule has 0 aliphatic carbocycles. The smallest absolute Gasteiger partial charge is 0.377 e. The van der Waals surface area contributed by atoms with Gasteiger partial charge in [0, 0.05) is 67.5 Å². The number of rotatable bonds is 5. The van der Waals surface area contributed by atoms with Gasteiger partial charge in [0.15, 0.2) is 0 Å². The Hall–Kier alpha value is -4.04. The third-order valence-electron chi connectivity index (χ3n) is 8.08. The fourth-order valence-corrected chi connectivity index (χ4v) is 5.46. The predicted octanol–water partition coefficient (Wildman–Crippen LogP) is 4.00. The number of benzene rings is 1. The second-order valence-corrected chi connectivity index (χ2v) is 11.1. The molecule has 2 aliphatic rings. The number of halogens is 4. The van der Waals surface area contributed by atoms with Crippen molar-refractivity contribution in [2.24, 2.45) is 0 Å². The van der Waals surface area contributed by atoms with Crippen molar-refractivity contribution in [1.82, 2.24) is 19.9 Å². The number of likely N-dealkylation sites (N-methyl/N-ethyl adjacent to an activating group) is 1. The SMILES string of the molecule is C[C@@H]1CN(c2cc(F)c(-c3cnc(N4CCOC[C@@H]4C)nc3)cc2NC(=O)c2c[nH]c(=O)cc2C(F)(F)F)C[C@H](C)N1C. The molecule has 14 heteroatoms. The molecule has 43 heavy (non-hydrogen) atoms. The summed E-state index contributed by atoms with van der Waals surface area (Å²) in [4.78, 5) is 42.0. The van der Waals surface area contributed by atoms with Crippen LogP contribution in [0.5, 0.6) is 0 Å². The monoisotopic (exact) mass is 603 g/mol. The summed E-state index contributed by atoms with van der Waals surface area (Å²) in [6, 6.07) is 3.20. The van der Waals surface area contributed by atoms with Gasteiger partial charge in [0.2, 0.25) is 11.5 Å². The zero-order valence-electron chi connectivity index (χ0n) is 24.2. The van der Waals surface area contributed by atoms with Crippen molar-refractivity contribution in [2.45, 2.75) is 45.1 Å². The first-order valence-corrected chi connectivity index (χ1v) is 13.9. The molecule has 0 saturated carbocycles. The van der Waals surface area contributed by atoms with E-state index < -0.39 is 34.6 Å². The number of hydrogen-bond donors (Lipinski definition) is 2. The molecule has 2 aromatic heterocycles. The Morgan fingerprint density at radius 1 is 1.07 bits per heavy atom. The molecular weight excluding hydrogens is 570 g/mol. The highest BCUT2D eigenvalue weighted by Crippen LogP contribution is 2.37. The fraction of sp³-hybridized carbons (Fsp3) is 0.448. The first kappa shape index (κ1) is 30.4. The van der Waals surface area contributed by atoms with Crippen LogP contribution in [-0.4, -0.2) is 83.8 Å². The molecule has 4 heterocycles. The fourth-order valence-electron chi connectivity index (χ4n) is 5.46. The summed E-state index contributed by atoms with van der Waals surface area (Å²) in [7, 11) is 1.98. The molecular formula is C29H33F4N7O3. The summed E-state index contributed by atoms with van der Waals surface area (Å²) in [5.74, 6) is -1.25. The zero-order valence-corrected chi connectivity index (χ0v) is 24.2. The van der Waals surface area contributed by atoms with Crippen LogP contribution < -0.4 is 20.7 Å². The molecule has 10 nitrogen and oxygen atoms in total. The molecule has 1 amide bonds. The summed E-state index contributed by atoms with van der Waals surface area (Å²) < 4.78 is 62.4. The van der Waals surface area contributed by atoms with E-state index in [1.807, 2.05) is 37.6 Å². The van der Waals surface area contributed by atoms with Gasteiger partial charge in [-0.1, -0.05) is 0 Å². The van der Waals surface area contributed by atoms with E-state index in [1.54, 1.807) is 0 Å². The Labute approximate surface area is 245 Å². The molecule has 0 bridgehead atoms. The van der Waals surface area contributed by atoms with Gasteiger partial charge in [-0.15, -0.1) is 0 Å². The van der Waals surface area contributed by atoms with Gasteiger partial charge in [-0.05, 0) is 40.0 Å². The Kier molecular flexibility index (Phi) is 8.43. The minimum atomic E-state index is -4.95.